The lowest BCUT2D eigenvalue weighted by Gasteiger charge is -2.17. The van der Waals surface area contributed by atoms with Gasteiger partial charge in [-0.25, -0.2) is 0 Å². The standard InChI is InChI=1S/C14H19BrO4P/c1-17-11-8-9(15)13(18-2)12(14(11)19-3)10(16)6-4-5-7-20/h8,20H,4-7H2,1-3H3/q-1. The number of ether oxygens (including phenoxy) is 3. The van der Waals surface area contributed by atoms with Gasteiger partial charge in [0.05, 0.1) is 25.8 Å². The molecule has 0 N–H and O–H groups in total. The molecule has 0 saturated carbocycles. The number of Topliss-reactive ketones (excluding diaryl/α,β-unsaturated/α-hetero) is 1. The number of unbranched alkanes of at least 4 members (excludes halogenated alkanes) is 1. The van der Waals surface area contributed by atoms with Gasteiger partial charge in [-0.2, -0.15) is 6.16 Å². The Morgan fingerprint density at radius 2 is 1.80 bits per heavy atom. The van der Waals surface area contributed by atoms with Crippen LogP contribution in [0.3, 0.4) is 0 Å². The van der Waals surface area contributed by atoms with Crippen molar-refractivity contribution in [1.82, 2.24) is 0 Å². The Labute approximate surface area is 130 Å². The second kappa shape index (κ2) is 8.48. The van der Waals surface area contributed by atoms with Crippen molar-refractivity contribution < 1.29 is 19.0 Å². The Morgan fingerprint density at radius 1 is 1.15 bits per heavy atom. The fraction of sp³-hybridized carbons (Fsp3) is 0.500. The Morgan fingerprint density at radius 3 is 2.30 bits per heavy atom. The van der Waals surface area contributed by atoms with E-state index in [4.69, 9.17) is 14.2 Å². The normalized spacial score (nSPS) is 10.2. The Bertz CT molecular complexity index is 477. The van der Waals surface area contributed by atoms with Gasteiger partial charge in [0.25, 0.3) is 0 Å². The Balaban J connectivity index is 3.25. The van der Waals surface area contributed by atoms with E-state index in [0.717, 1.165) is 19.0 Å². The van der Waals surface area contributed by atoms with E-state index in [1.807, 2.05) is 0 Å². The minimum Gasteiger partial charge on any atom is -0.558 e. The van der Waals surface area contributed by atoms with Crippen LogP contribution in [0.15, 0.2) is 10.5 Å². The van der Waals surface area contributed by atoms with Crippen LogP contribution in [0.5, 0.6) is 17.2 Å². The molecular weight excluding hydrogens is 343 g/mol. The van der Waals surface area contributed by atoms with Gasteiger partial charge in [-0.05, 0) is 22.4 Å². The number of ketones is 1. The molecule has 0 spiro atoms. The van der Waals surface area contributed by atoms with Gasteiger partial charge >= 0.3 is 0 Å². The van der Waals surface area contributed by atoms with Crippen molar-refractivity contribution in [2.45, 2.75) is 19.3 Å². The molecule has 0 radical (unpaired) electrons. The monoisotopic (exact) mass is 361 g/mol. The van der Waals surface area contributed by atoms with E-state index in [9.17, 15) is 4.79 Å². The number of hydrogen-bond donors (Lipinski definition) is 0. The molecule has 0 unspecified atom stereocenters. The highest BCUT2D eigenvalue weighted by Gasteiger charge is 2.24. The number of halogens is 1. The van der Waals surface area contributed by atoms with Gasteiger partial charge in [-0.15, -0.1) is 0 Å². The summed E-state index contributed by atoms with van der Waals surface area (Å²) in [7, 11) is 7.98. The summed E-state index contributed by atoms with van der Waals surface area (Å²) in [5.74, 6) is 1.38. The molecule has 0 aliphatic rings. The summed E-state index contributed by atoms with van der Waals surface area (Å²) in [4.78, 5) is 12.4. The molecule has 1 rings (SSSR count). The molecule has 0 amide bonds. The lowest BCUT2D eigenvalue weighted by Crippen LogP contribution is -2.07. The molecule has 112 valence electrons. The SMILES string of the molecule is COc1cc(Br)c(OC)c(C(=O)CCCC[PH-])c1OC. The van der Waals surface area contributed by atoms with E-state index < -0.39 is 0 Å². The van der Waals surface area contributed by atoms with E-state index in [-0.39, 0.29) is 5.78 Å². The Hall–Kier alpha value is -0.800. The van der Waals surface area contributed by atoms with Crippen molar-refractivity contribution in [2.24, 2.45) is 0 Å². The molecule has 0 aliphatic carbocycles. The topological polar surface area (TPSA) is 44.8 Å². The fourth-order valence-electron chi connectivity index (χ4n) is 1.93. The Kier molecular flexibility index (Phi) is 7.31. The summed E-state index contributed by atoms with van der Waals surface area (Å²) in [5.41, 5.74) is 0.426. The van der Waals surface area contributed by atoms with Crippen LogP contribution in [0.2, 0.25) is 0 Å². The molecule has 6 heteroatoms. The molecular formula is C14H19BrO4P-. The zero-order valence-electron chi connectivity index (χ0n) is 11.9. The number of benzene rings is 1. The maximum atomic E-state index is 12.4. The molecule has 1 aromatic carbocycles. The first-order chi connectivity index (χ1) is 9.60. The molecule has 20 heavy (non-hydrogen) atoms. The van der Waals surface area contributed by atoms with Crippen LogP contribution in [0.1, 0.15) is 29.6 Å². The van der Waals surface area contributed by atoms with Gasteiger partial charge in [0.15, 0.2) is 17.3 Å². The number of carbonyl (C=O) groups is 1. The first-order valence-corrected chi connectivity index (χ1v) is 7.76. The van der Waals surface area contributed by atoms with Crippen molar-refractivity contribution >= 4 is 31.0 Å². The summed E-state index contributed by atoms with van der Waals surface area (Å²) in [6.45, 7) is 0. The lowest BCUT2D eigenvalue weighted by atomic mass is 10.0. The van der Waals surface area contributed by atoms with Crippen molar-refractivity contribution in [1.29, 1.82) is 0 Å². The third-order valence-electron chi connectivity index (χ3n) is 2.89. The molecule has 0 bridgehead atoms. The summed E-state index contributed by atoms with van der Waals surface area (Å²) in [5, 5.41) is 0. The zero-order valence-corrected chi connectivity index (χ0v) is 14.5. The fourth-order valence-corrected chi connectivity index (χ4v) is 2.75. The van der Waals surface area contributed by atoms with E-state index in [0.29, 0.717) is 33.7 Å². The second-order valence-electron chi connectivity index (χ2n) is 4.13. The van der Waals surface area contributed by atoms with Crippen molar-refractivity contribution in [3.63, 3.8) is 0 Å². The average Bonchev–Trinajstić information content (AvgIpc) is 2.45. The largest absolute Gasteiger partial charge is 0.558 e. The first-order valence-electron chi connectivity index (χ1n) is 6.26. The third kappa shape index (κ3) is 3.86. The molecule has 4 nitrogen and oxygen atoms in total. The third-order valence-corrected chi connectivity index (χ3v) is 3.83. The van der Waals surface area contributed by atoms with Crippen molar-refractivity contribution in [2.75, 3.05) is 27.5 Å². The predicted molar refractivity (Wildman–Crippen MR) is 85.2 cm³/mol. The molecule has 0 fully saturated rings. The maximum Gasteiger partial charge on any atom is 0.175 e. The van der Waals surface area contributed by atoms with Crippen molar-refractivity contribution in [3.8, 4) is 17.2 Å². The van der Waals surface area contributed by atoms with Crippen LogP contribution in [0, 0.1) is 0 Å². The predicted octanol–water partition coefficient (Wildman–Crippen LogP) is 3.97. The highest BCUT2D eigenvalue weighted by Crippen LogP contribution is 2.43. The van der Waals surface area contributed by atoms with Crippen LogP contribution in [0.25, 0.3) is 0 Å². The highest BCUT2D eigenvalue weighted by atomic mass is 79.9. The summed E-state index contributed by atoms with van der Waals surface area (Å²) in [6.07, 6.45) is 3.07. The summed E-state index contributed by atoms with van der Waals surface area (Å²) >= 11 is 3.39. The van der Waals surface area contributed by atoms with Crippen LogP contribution >= 0.6 is 25.2 Å². The smallest absolute Gasteiger partial charge is 0.175 e. The number of methoxy groups -OCH3 is 3. The van der Waals surface area contributed by atoms with Crippen molar-refractivity contribution in [3.05, 3.63) is 16.1 Å². The molecule has 0 atom stereocenters. The average molecular weight is 362 g/mol. The van der Waals surface area contributed by atoms with Crippen LogP contribution < -0.4 is 14.2 Å². The van der Waals surface area contributed by atoms with Gasteiger partial charge < -0.3 is 23.5 Å². The van der Waals surface area contributed by atoms with Crippen LogP contribution in [0.4, 0.5) is 0 Å². The maximum absolute atomic E-state index is 12.4. The zero-order chi connectivity index (χ0) is 15.1. The molecule has 0 heterocycles. The second-order valence-corrected chi connectivity index (χ2v) is 5.49. The van der Waals surface area contributed by atoms with E-state index in [1.54, 1.807) is 6.07 Å². The van der Waals surface area contributed by atoms with Gasteiger partial charge in [-0.1, -0.05) is 6.42 Å². The van der Waals surface area contributed by atoms with E-state index in [1.165, 1.54) is 21.3 Å². The van der Waals surface area contributed by atoms with E-state index in [2.05, 4.69) is 25.2 Å². The summed E-state index contributed by atoms with van der Waals surface area (Å²) < 4.78 is 16.6. The van der Waals surface area contributed by atoms with Crippen LogP contribution in [-0.4, -0.2) is 33.3 Å². The number of carbonyl (C=O) groups excluding carboxylic acids is 1. The first kappa shape index (κ1) is 17.3. The summed E-state index contributed by atoms with van der Waals surface area (Å²) in [6, 6.07) is 1.73. The lowest BCUT2D eigenvalue weighted by molar-refractivity contribution is 0.0973. The molecule has 0 aliphatic heterocycles. The van der Waals surface area contributed by atoms with Gasteiger partial charge in [0.1, 0.15) is 11.3 Å². The van der Waals surface area contributed by atoms with Crippen LogP contribution in [-0.2, 0) is 0 Å². The highest BCUT2D eigenvalue weighted by molar-refractivity contribution is 9.10. The molecule has 0 aromatic heterocycles. The van der Waals surface area contributed by atoms with Gasteiger partial charge in [0.2, 0.25) is 0 Å². The quantitative estimate of drug-likeness (QED) is 0.399. The molecule has 0 saturated heterocycles. The minimum atomic E-state index is -0.0154. The number of hydrogen-bond acceptors (Lipinski definition) is 4. The van der Waals surface area contributed by atoms with Gasteiger partial charge in [0, 0.05) is 12.5 Å². The van der Waals surface area contributed by atoms with E-state index >= 15 is 0 Å². The molecule has 1 aromatic rings. The minimum absolute atomic E-state index is 0.0154. The number of rotatable bonds is 8. The van der Waals surface area contributed by atoms with Gasteiger partial charge in [-0.3, -0.25) is 4.79 Å².